The van der Waals surface area contributed by atoms with E-state index in [1.54, 1.807) is 0 Å². The van der Waals surface area contributed by atoms with Crippen LogP contribution in [0.15, 0.2) is 30.4 Å². The fourth-order valence-electron chi connectivity index (χ4n) is 3.84. The SMILES string of the molecule is [2H]c1cnc(C(N)=O)cc1NC(=O)[C@H]1O[C@](C)(C(F)(F)F)[C@H](C)[C@@H]1c1ccc(F)c(F)c1OC. The summed E-state index contributed by atoms with van der Waals surface area (Å²) in [4.78, 5) is 28.1. The van der Waals surface area contributed by atoms with Crippen molar-refractivity contribution in [1.82, 2.24) is 4.98 Å². The largest absolute Gasteiger partial charge is 0.493 e. The van der Waals surface area contributed by atoms with Gasteiger partial charge in [-0.1, -0.05) is 13.0 Å². The van der Waals surface area contributed by atoms with Crippen LogP contribution in [0.1, 0.15) is 37.2 Å². The van der Waals surface area contributed by atoms with Crippen LogP contribution in [0, 0.1) is 17.6 Å². The van der Waals surface area contributed by atoms with Crippen molar-refractivity contribution in [2.24, 2.45) is 11.7 Å². The number of nitrogens with zero attached hydrogens (tertiary/aromatic N) is 1. The molecule has 0 aliphatic carbocycles. The standard InChI is InChI=1S/C21H20F5N3O4/c1-9-14(11-4-5-12(22)15(23)16(11)32-3)17(33-20(9,2)21(24,25)26)19(31)29-10-6-7-28-13(8-10)18(27)30/h4-9,14,17H,1-3H3,(H2,27,30)(H,28,29,31)/t9-,14-,17+,20+/m1/s1/i6D. The zero-order valence-electron chi connectivity index (χ0n) is 18.6. The number of alkyl halides is 3. The summed E-state index contributed by atoms with van der Waals surface area (Å²) in [5.74, 6) is -8.34. The zero-order chi connectivity index (χ0) is 25.6. The second kappa shape index (κ2) is 8.58. The number of aromatic nitrogens is 1. The van der Waals surface area contributed by atoms with Gasteiger partial charge in [-0.05, 0) is 25.1 Å². The van der Waals surface area contributed by atoms with Crippen molar-refractivity contribution in [2.75, 3.05) is 12.4 Å². The molecule has 1 aliphatic heterocycles. The Labute approximate surface area is 186 Å². The highest BCUT2D eigenvalue weighted by Gasteiger charge is 2.65. The van der Waals surface area contributed by atoms with E-state index in [9.17, 15) is 31.5 Å². The van der Waals surface area contributed by atoms with E-state index in [1.165, 1.54) is 6.92 Å². The molecule has 3 N–H and O–H groups in total. The van der Waals surface area contributed by atoms with Crippen LogP contribution in [-0.2, 0) is 9.53 Å². The van der Waals surface area contributed by atoms with E-state index in [4.69, 9.17) is 16.6 Å². The summed E-state index contributed by atoms with van der Waals surface area (Å²) < 4.78 is 88.0. The Balaban J connectivity index is 2.10. The number of halogens is 5. The summed E-state index contributed by atoms with van der Waals surface area (Å²) in [5, 5.41) is 2.25. The Hall–Kier alpha value is -3.28. The van der Waals surface area contributed by atoms with Crippen molar-refractivity contribution in [3.05, 3.63) is 53.3 Å². The van der Waals surface area contributed by atoms with Crippen LogP contribution in [0.5, 0.6) is 5.75 Å². The van der Waals surface area contributed by atoms with Crippen LogP contribution in [0.25, 0.3) is 0 Å². The topological polar surface area (TPSA) is 104 Å². The number of anilines is 1. The van der Waals surface area contributed by atoms with Crippen molar-refractivity contribution in [3.8, 4) is 5.75 Å². The molecule has 0 bridgehead atoms. The Morgan fingerprint density at radius 2 is 2.00 bits per heavy atom. The van der Waals surface area contributed by atoms with Gasteiger partial charge >= 0.3 is 6.18 Å². The molecule has 4 atom stereocenters. The molecule has 0 saturated carbocycles. The Bertz CT molecular complexity index is 1150. The van der Waals surface area contributed by atoms with Gasteiger partial charge in [-0.25, -0.2) is 4.39 Å². The maximum absolute atomic E-state index is 14.4. The highest BCUT2D eigenvalue weighted by Crippen LogP contribution is 2.55. The van der Waals surface area contributed by atoms with Crippen LogP contribution in [0.2, 0.25) is 0 Å². The van der Waals surface area contributed by atoms with Crippen molar-refractivity contribution >= 4 is 17.5 Å². The number of rotatable bonds is 5. The highest BCUT2D eigenvalue weighted by atomic mass is 19.4. The monoisotopic (exact) mass is 474 g/mol. The Kier molecular flexibility index (Phi) is 5.95. The number of hydrogen-bond donors (Lipinski definition) is 2. The molecule has 1 saturated heterocycles. The summed E-state index contributed by atoms with van der Waals surface area (Å²) in [6.07, 6.45) is -5.87. The third-order valence-electron chi connectivity index (χ3n) is 5.79. The summed E-state index contributed by atoms with van der Waals surface area (Å²) in [7, 11) is 1.01. The molecule has 1 fully saturated rings. The van der Waals surface area contributed by atoms with Crippen LogP contribution < -0.4 is 15.8 Å². The van der Waals surface area contributed by atoms with E-state index >= 15 is 0 Å². The number of methoxy groups -OCH3 is 1. The molecule has 2 aromatic rings. The second-order valence-electron chi connectivity index (χ2n) is 7.64. The second-order valence-corrected chi connectivity index (χ2v) is 7.64. The van der Waals surface area contributed by atoms with Gasteiger partial charge in [-0.2, -0.15) is 17.6 Å². The minimum absolute atomic E-state index is 0.208. The number of benzene rings is 1. The normalized spacial score (nSPS) is 25.5. The lowest BCUT2D eigenvalue weighted by atomic mass is 9.77. The lowest BCUT2D eigenvalue weighted by molar-refractivity contribution is -0.272. The van der Waals surface area contributed by atoms with Gasteiger partial charge in [0.15, 0.2) is 17.2 Å². The molecule has 2 heterocycles. The first-order chi connectivity index (χ1) is 15.7. The minimum Gasteiger partial charge on any atom is -0.493 e. The van der Waals surface area contributed by atoms with E-state index in [0.717, 1.165) is 32.4 Å². The molecule has 178 valence electrons. The fraction of sp³-hybridized carbons (Fsp3) is 0.381. The molecule has 0 radical (unpaired) electrons. The maximum atomic E-state index is 14.4. The number of nitrogens with one attached hydrogen (secondary N) is 1. The van der Waals surface area contributed by atoms with Crippen LogP contribution in [0.3, 0.4) is 0 Å². The molecular weight excluding hydrogens is 453 g/mol. The highest BCUT2D eigenvalue weighted by molar-refractivity contribution is 5.97. The van der Waals surface area contributed by atoms with Gasteiger partial charge in [0.05, 0.1) is 8.48 Å². The lowest BCUT2D eigenvalue weighted by Gasteiger charge is -2.32. The number of nitrogens with two attached hydrogens (primary N) is 1. The smallest absolute Gasteiger partial charge is 0.417 e. The quantitative estimate of drug-likeness (QED) is 0.646. The van der Waals surface area contributed by atoms with Gasteiger partial charge in [0.25, 0.3) is 11.8 Å². The number of hydrogen-bond acceptors (Lipinski definition) is 5. The Morgan fingerprint density at radius 3 is 2.58 bits per heavy atom. The molecule has 0 unspecified atom stereocenters. The number of amides is 2. The van der Waals surface area contributed by atoms with Gasteiger partial charge in [0.2, 0.25) is 5.82 Å². The predicted molar refractivity (Wildman–Crippen MR) is 106 cm³/mol. The summed E-state index contributed by atoms with van der Waals surface area (Å²) >= 11 is 0. The van der Waals surface area contributed by atoms with E-state index in [0.29, 0.717) is 6.07 Å². The summed E-state index contributed by atoms with van der Waals surface area (Å²) in [6.45, 7) is 1.91. The number of carbonyl (C=O) groups is 2. The molecule has 0 spiro atoms. The van der Waals surface area contributed by atoms with E-state index in [1.807, 2.05) is 0 Å². The summed E-state index contributed by atoms with van der Waals surface area (Å²) in [6, 6.07) is 2.36. The van der Waals surface area contributed by atoms with Gasteiger partial charge in [-0.3, -0.25) is 14.6 Å². The lowest BCUT2D eigenvalue weighted by Crippen LogP contribution is -2.47. The molecular formula is C21H20F5N3O4. The third kappa shape index (κ3) is 4.22. The first-order valence-corrected chi connectivity index (χ1v) is 9.56. The molecule has 1 aromatic heterocycles. The number of carbonyl (C=O) groups excluding carboxylic acids is 2. The molecule has 33 heavy (non-hydrogen) atoms. The van der Waals surface area contributed by atoms with Crippen molar-refractivity contribution in [3.63, 3.8) is 0 Å². The fourth-order valence-corrected chi connectivity index (χ4v) is 3.84. The number of ether oxygens (including phenoxy) is 2. The molecule has 12 heteroatoms. The van der Waals surface area contributed by atoms with Crippen molar-refractivity contribution in [1.29, 1.82) is 0 Å². The average molecular weight is 474 g/mol. The van der Waals surface area contributed by atoms with Gasteiger partial charge in [-0.15, -0.1) is 0 Å². The van der Waals surface area contributed by atoms with E-state index in [2.05, 4.69) is 10.3 Å². The van der Waals surface area contributed by atoms with Gasteiger partial charge in [0, 0.05) is 29.3 Å². The molecule has 2 amide bonds. The molecule has 1 aliphatic rings. The maximum Gasteiger partial charge on any atom is 0.417 e. The number of primary amides is 1. The zero-order valence-corrected chi connectivity index (χ0v) is 17.6. The Morgan fingerprint density at radius 1 is 1.33 bits per heavy atom. The van der Waals surface area contributed by atoms with Gasteiger partial charge < -0.3 is 20.5 Å². The first-order valence-electron chi connectivity index (χ1n) is 10.1. The third-order valence-corrected chi connectivity index (χ3v) is 5.79. The predicted octanol–water partition coefficient (Wildman–Crippen LogP) is 3.55. The van der Waals surface area contributed by atoms with Crippen molar-refractivity contribution < 1.29 is 42.4 Å². The molecule has 1 aromatic carbocycles. The van der Waals surface area contributed by atoms with Crippen molar-refractivity contribution in [2.45, 2.75) is 37.6 Å². The molecule has 3 rings (SSSR count). The molecule has 7 nitrogen and oxygen atoms in total. The first kappa shape index (κ1) is 22.9. The van der Waals surface area contributed by atoms with E-state index in [-0.39, 0.29) is 23.0 Å². The number of pyridine rings is 1. The summed E-state index contributed by atoms with van der Waals surface area (Å²) in [5.41, 5.74) is 1.53. The van der Waals surface area contributed by atoms with Crippen LogP contribution in [-0.4, -0.2) is 41.8 Å². The van der Waals surface area contributed by atoms with E-state index < -0.39 is 58.9 Å². The van der Waals surface area contributed by atoms with Crippen LogP contribution in [0.4, 0.5) is 27.6 Å². The minimum atomic E-state index is -4.93. The van der Waals surface area contributed by atoms with Crippen LogP contribution >= 0.6 is 0 Å². The van der Waals surface area contributed by atoms with Gasteiger partial charge in [0.1, 0.15) is 11.8 Å². The average Bonchev–Trinajstić information content (AvgIpc) is 3.03.